The molecule has 0 aliphatic carbocycles. The molecule has 5 nitrogen and oxygen atoms in total. The summed E-state index contributed by atoms with van der Waals surface area (Å²) in [4.78, 5) is 22.1. The number of carbonyl (C=O) groups excluding carboxylic acids is 1. The lowest BCUT2D eigenvalue weighted by Gasteiger charge is -2.07. The molecule has 0 unspecified atom stereocenters. The van der Waals surface area contributed by atoms with Gasteiger partial charge in [-0.25, -0.2) is 0 Å². The molecule has 0 aliphatic rings. The van der Waals surface area contributed by atoms with Crippen LogP contribution < -0.4 is 5.32 Å². The average Bonchev–Trinajstić information content (AvgIpc) is 2.47. The fourth-order valence-corrected chi connectivity index (χ4v) is 2.37. The van der Waals surface area contributed by atoms with Crippen molar-refractivity contribution in [3.63, 3.8) is 0 Å². The Hall–Kier alpha value is -2.11. The van der Waals surface area contributed by atoms with Gasteiger partial charge in [0.15, 0.2) is 0 Å². The molecular weight excluding hydrogens is 327 g/mol. The summed E-state index contributed by atoms with van der Waals surface area (Å²) in [5, 5.41) is 14.1. The zero-order valence-electron chi connectivity index (χ0n) is 11.4. The number of nitrogens with one attached hydrogen (secondary N) is 1. The minimum atomic E-state index is -0.450. The highest BCUT2D eigenvalue weighted by atomic mass is 35.5. The van der Waals surface area contributed by atoms with E-state index in [2.05, 4.69) is 5.32 Å². The molecule has 0 aromatic heterocycles. The second kappa shape index (κ2) is 7.24. The summed E-state index contributed by atoms with van der Waals surface area (Å²) < 4.78 is 0. The van der Waals surface area contributed by atoms with Gasteiger partial charge >= 0.3 is 0 Å². The van der Waals surface area contributed by atoms with E-state index < -0.39 is 4.92 Å². The highest BCUT2D eigenvalue weighted by Crippen LogP contribution is 2.20. The number of carbonyl (C=O) groups is 1. The van der Waals surface area contributed by atoms with E-state index in [0.29, 0.717) is 28.6 Å². The summed E-state index contributed by atoms with van der Waals surface area (Å²) in [5.74, 6) is -0.288. The van der Waals surface area contributed by atoms with Crippen LogP contribution >= 0.6 is 23.2 Å². The van der Waals surface area contributed by atoms with Crippen LogP contribution in [0.15, 0.2) is 42.5 Å². The van der Waals surface area contributed by atoms with Gasteiger partial charge in [0.25, 0.3) is 11.6 Å². The van der Waals surface area contributed by atoms with Crippen LogP contribution in [0, 0.1) is 10.1 Å². The SMILES string of the molecule is O=C(NCCc1ccc([N+](=O)[O-])cc1)c1ccc(Cl)cc1Cl. The van der Waals surface area contributed by atoms with E-state index in [-0.39, 0.29) is 11.6 Å². The van der Waals surface area contributed by atoms with Gasteiger partial charge in [-0.1, -0.05) is 35.3 Å². The Labute approximate surface area is 137 Å². The summed E-state index contributed by atoms with van der Waals surface area (Å²) in [6.45, 7) is 0.398. The Kier molecular flexibility index (Phi) is 5.35. The molecule has 2 rings (SSSR count). The number of rotatable bonds is 5. The van der Waals surface area contributed by atoms with Gasteiger partial charge in [0, 0.05) is 23.7 Å². The van der Waals surface area contributed by atoms with Crippen LogP contribution in [-0.2, 0) is 6.42 Å². The van der Waals surface area contributed by atoms with E-state index in [4.69, 9.17) is 23.2 Å². The summed E-state index contributed by atoms with van der Waals surface area (Å²) in [6.07, 6.45) is 0.564. The van der Waals surface area contributed by atoms with E-state index in [1.165, 1.54) is 18.2 Å². The molecule has 7 heteroatoms. The Morgan fingerprint density at radius 3 is 2.41 bits per heavy atom. The smallest absolute Gasteiger partial charge is 0.269 e. The molecule has 0 saturated heterocycles. The lowest BCUT2D eigenvalue weighted by molar-refractivity contribution is -0.384. The molecule has 2 aromatic rings. The monoisotopic (exact) mass is 338 g/mol. The zero-order valence-corrected chi connectivity index (χ0v) is 12.9. The number of nitro groups is 1. The highest BCUT2D eigenvalue weighted by Gasteiger charge is 2.10. The zero-order chi connectivity index (χ0) is 16.1. The normalized spacial score (nSPS) is 10.3. The molecule has 1 amide bonds. The molecule has 1 N–H and O–H groups in total. The minimum absolute atomic E-state index is 0.0423. The van der Waals surface area contributed by atoms with Gasteiger partial charge in [0.1, 0.15) is 0 Å². The topological polar surface area (TPSA) is 72.2 Å². The standard InChI is InChI=1S/C15H12Cl2N2O3/c16-11-3-6-13(14(17)9-11)15(20)18-8-7-10-1-4-12(5-2-10)19(21)22/h1-6,9H,7-8H2,(H,18,20). The maximum Gasteiger partial charge on any atom is 0.269 e. The molecule has 114 valence electrons. The Morgan fingerprint density at radius 2 is 1.82 bits per heavy atom. The van der Waals surface area contributed by atoms with E-state index in [9.17, 15) is 14.9 Å². The third-order valence-corrected chi connectivity index (χ3v) is 3.57. The van der Waals surface area contributed by atoms with Gasteiger partial charge in [-0.05, 0) is 30.2 Å². The number of nitro benzene ring substituents is 1. The Bertz CT molecular complexity index is 702. The van der Waals surface area contributed by atoms with Crippen LogP contribution in [0.1, 0.15) is 15.9 Å². The quantitative estimate of drug-likeness (QED) is 0.664. The largest absolute Gasteiger partial charge is 0.352 e. The Morgan fingerprint density at radius 1 is 1.14 bits per heavy atom. The molecular formula is C15H12Cl2N2O3. The summed E-state index contributed by atoms with van der Waals surface area (Å²) in [7, 11) is 0. The lowest BCUT2D eigenvalue weighted by atomic mass is 10.1. The first kappa shape index (κ1) is 16.3. The van der Waals surface area contributed by atoms with Crippen molar-refractivity contribution >= 4 is 34.8 Å². The fraction of sp³-hybridized carbons (Fsp3) is 0.133. The van der Waals surface area contributed by atoms with Gasteiger partial charge in [0.05, 0.1) is 15.5 Å². The van der Waals surface area contributed by atoms with Crippen molar-refractivity contribution in [3.05, 3.63) is 73.8 Å². The molecule has 0 atom stereocenters. The molecule has 22 heavy (non-hydrogen) atoms. The number of benzene rings is 2. The summed E-state index contributed by atoms with van der Waals surface area (Å²) in [6, 6.07) is 10.9. The molecule has 0 bridgehead atoms. The van der Waals surface area contributed by atoms with Crippen molar-refractivity contribution < 1.29 is 9.72 Å². The molecule has 0 aliphatic heterocycles. The van der Waals surface area contributed by atoms with E-state index >= 15 is 0 Å². The van der Waals surface area contributed by atoms with E-state index in [1.807, 2.05) is 0 Å². The maximum absolute atomic E-state index is 12.0. The van der Waals surface area contributed by atoms with Crippen molar-refractivity contribution in [2.24, 2.45) is 0 Å². The number of nitrogens with zero attached hydrogens (tertiary/aromatic N) is 1. The minimum Gasteiger partial charge on any atom is -0.352 e. The Balaban J connectivity index is 1.90. The van der Waals surface area contributed by atoms with Crippen LogP contribution in [0.4, 0.5) is 5.69 Å². The molecule has 0 fully saturated rings. The van der Waals surface area contributed by atoms with Crippen molar-refractivity contribution in [1.82, 2.24) is 5.32 Å². The predicted octanol–water partition coefficient (Wildman–Crippen LogP) is 3.87. The van der Waals surface area contributed by atoms with Crippen LogP contribution in [0.25, 0.3) is 0 Å². The number of hydrogen-bond donors (Lipinski definition) is 1. The first-order chi connectivity index (χ1) is 10.5. The van der Waals surface area contributed by atoms with Crippen LogP contribution in [-0.4, -0.2) is 17.4 Å². The molecule has 2 aromatic carbocycles. The van der Waals surface area contributed by atoms with Gasteiger partial charge in [-0.2, -0.15) is 0 Å². The van der Waals surface area contributed by atoms with Crippen molar-refractivity contribution in [2.75, 3.05) is 6.54 Å². The first-order valence-electron chi connectivity index (χ1n) is 6.44. The number of hydrogen-bond acceptors (Lipinski definition) is 3. The number of non-ortho nitro benzene ring substituents is 1. The maximum atomic E-state index is 12.0. The first-order valence-corrected chi connectivity index (χ1v) is 7.19. The van der Waals surface area contributed by atoms with Crippen LogP contribution in [0.2, 0.25) is 10.0 Å². The number of amides is 1. The van der Waals surface area contributed by atoms with Crippen molar-refractivity contribution in [3.8, 4) is 0 Å². The third kappa shape index (κ3) is 4.19. The van der Waals surface area contributed by atoms with Crippen LogP contribution in [0.3, 0.4) is 0 Å². The average molecular weight is 339 g/mol. The lowest BCUT2D eigenvalue weighted by Crippen LogP contribution is -2.25. The highest BCUT2D eigenvalue weighted by molar-refractivity contribution is 6.36. The van der Waals surface area contributed by atoms with Gasteiger partial charge in [-0.15, -0.1) is 0 Å². The fourth-order valence-electron chi connectivity index (χ4n) is 1.87. The van der Waals surface area contributed by atoms with Crippen LogP contribution in [0.5, 0.6) is 0 Å². The van der Waals surface area contributed by atoms with Crippen molar-refractivity contribution in [2.45, 2.75) is 6.42 Å². The van der Waals surface area contributed by atoms with Crippen molar-refractivity contribution in [1.29, 1.82) is 0 Å². The van der Waals surface area contributed by atoms with Gasteiger partial charge in [0.2, 0.25) is 0 Å². The third-order valence-electron chi connectivity index (χ3n) is 3.02. The number of halogens is 2. The van der Waals surface area contributed by atoms with Gasteiger partial charge in [-0.3, -0.25) is 14.9 Å². The predicted molar refractivity (Wildman–Crippen MR) is 85.6 cm³/mol. The second-order valence-electron chi connectivity index (χ2n) is 4.55. The van der Waals surface area contributed by atoms with Gasteiger partial charge < -0.3 is 5.32 Å². The van der Waals surface area contributed by atoms with E-state index in [0.717, 1.165) is 5.56 Å². The second-order valence-corrected chi connectivity index (χ2v) is 5.40. The summed E-state index contributed by atoms with van der Waals surface area (Å²) in [5.41, 5.74) is 1.30. The molecule has 0 spiro atoms. The summed E-state index contributed by atoms with van der Waals surface area (Å²) >= 11 is 11.7. The molecule has 0 radical (unpaired) electrons. The van der Waals surface area contributed by atoms with E-state index in [1.54, 1.807) is 24.3 Å². The molecule has 0 heterocycles. The molecule has 0 saturated carbocycles.